The van der Waals surface area contributed by atoms with E-state index in [9.17, 15) is 24.6 Å². The van der Waals surface area contributed by atoms with Gasteiger partial charge in [-0.2, -0.15) is 0 Å². The maximum atomic E-state index is 13.8. The van der Waals surface area contributed by atoms with Crippen molar-refractivity contribution in [1.82, 2.24) is 20.9 Å². The average Bonchev–Trinajstić information content (AvgIpc) is 3.47. The molecular weight excluding hydrogens is 496 g/mol. The second-order valence-electron chi connectivity index (χ2n) is 10.5. The van der Waals surface area contributed by atoms with Crippen molar-refractivity contribution in [2.24, 2.45) is 5.92 Å². The van der Waals surface area contributed by atoms with Crippen LogP contribution in [0.3, 0.4) is 0 Å². The summed E-state index contributed by atoms with van der Waals surface area (Å²) in [5.41, 5.74) is 0.836. The zero-order valence-electron chi connectivity index (χ0n) is 23.4. The van der Waals surface area contributed by atoms with Crippen LogP contribution in [0.5, 0.6) is 0 Å². The van der Waals surface area contributed by atoms with Gasteiger partial charge in [-0.25, -0.2) is 0 Å². The van der Waals surface area contributed by atoms with E-state index in [0.717, 1.165) is 22.8 Å². The second-order valence-corrected chi connectivity index (χ2v) is 10.5. The molecule has 2 aromatic carbocycles. The molecular formula is C30H44N4O5. The van der Waals surface area contributed by atoms with E-state index >= 15 is 0 Å². The number of nitrogens with zero attached hydrogens (tertiary/aromatic N) is 1. The van der Waals surface area contributed by atoms with E-state index in [1.54, 1.807) is 6.92 Å². The summed E-state index contributed by atoms with van der Waals surface area (Å²) in [4.78, 5) is 42.5. The lowest BCUT2D eigenvalue weighted by Crippen LogP contribution is -2.59. The second kappa shape index (κ2) is 15.1. The number of aliphatic hydroxyl groups is 2. The Morgan fingerprint density at radius 3 is 2.38 bits per heavy atom. The highest BCUT2D eigenvalue weighted by Gasteiger charge is 2.40. The molecule has 1 saturated heterocycles. The Kier molecular flexibility index (Phi) is 11.9. The molecule has 3 unspecified atom stereocenters. The largest absolute Gasteiger partial charge is 0.392 e. The molecule has 9 heteroatoms. The number of imide groups is 1. The lowest BCUT2D eigenvalue weighted by Gasteiger charge is -2.34. The molecule has 3 rings (SSSR count). The Bertz CT molecular complexity index is 1080. The number of amides is 3. The number of hydrogen-bond acceptors (Lipinski definition) is 7. The Morgan fingerprint density at radius 2 is 1.74 bits per heavy atom. The lowest BCUT2D eigenvalue weighted by atomic mass is 9.96. The van der Waals surface area contributed by atoms with Gasteiger partial charge in [-0.1, -0.05) is 56.3 Å². The third-order valence-corrected chi connectivity index (χ3v) is 7.36. The lowest BCUT2D eigenvalue weighted by molar-refractivity contribution is -0.155. The summed E-state index contributed by atoms with van der Waals surface area (Å²) in [5, 5.41) is 30.8. The Balaban J connectivity index is 1.91. The molecule has 5 N–H and O–H groups in total. The minimum Gasteiger partial charge on any atom is -0.392 e. The van der Waals surface area contributed by atoms with Crippen LogP contribution >= 0.6 is 0 Å². The molecule has 39 heavy (non-hydrogen) atoms. The molecule has 3 amide bonds. The van der Waals surface area contributed by atoms with Gasteiger partial charge in [0.25, 0.3) is 0 Å². The molecule has 0 saturated carbocycles. The van der Waals surface area contributed by atoms with Crippen LogP contribution in [-0.4, -0.2) is 83.3 Å². The van der Waals surface area contributed by atoms with Crippen molar-refractivity contribution < 1.29 is 24.6 Å². The summed E-state index contributed by atoms with van der Waals surface area (Å²) in [6, 6.07) is 12.2. The number of fused-ring (bicyclic) bond motifs is 1. The number of benzene rings is 2. The zero-order chi connectivity index (χ0) is 28.4. The molecule has 2 aromatic rings. The molecule has 0 aromatic heterocycles. The molecule has 0 bridgehead atoms. The summed E-state index contributed by atoms with van der Waals surface area (Å²) in [7, 11) is 0. The molecule has 0 radical (unpaired) electrons. The quantitative estimate of drug-likeness (QED) is 0.247. The van der Waals surface area contributed by atoms with Crippen molar-refractivity contribution in [3.63, 3.8) is 0 Å². The summed E-state index contributed by atoms with van der Waals surface area (Å²) >= 11 is 0. The summed E-state index contributed by atoms with van der Waals surface area (Å²) < 4.78 is 0. The number of hydrogen-bond donors (Lipinski definition) is 5. The molecule has 1 aliphatic heterocycles. The van der Waals surface area contributed by atoms with Gasteiger partial charge >= 0.3 is 0 Å². The fourth-order valence-corrected chi connectivity index (χ4v) is 5.07. The highest BCUT2D eigenvalue weighted by Crippen LogP contribution is 2.23. The van der Waals surface area contributed by atoms with E-state index < -0.39 is 30.2 Å². The van der Waals surface area contributed by atoms with E-state index in [-0.39, 0.29) is 37.2 Å². The molecule has 1 fully saturated rings. The Morgan fingerprint density at radius 1 is 1.03 bits per heavy atom. The fourth-order valence-electron chi connectivity index (χ4n) is 5.07. The van der Waals surface area contributed by atoms with Gasteiger partial charge in [-0.05, 0) is 55.5 Å². The summed E-state index contributed by atoms with van der Waals surface area (Å²) in [6.07, 6.45) is 1.28. The third kappa shape index (κ3) is 8.57. The van der Waals surface area contributed by atoms with Gasteiger partial charge in [0.2, 0.25) is 17.7 Å². The predicted octanol–water partition coefficient (Wildman–Crippen LogP) is 1.74. The first kappa shape index (κ1) is 30.7. The average molecular weight is 541 g/mol. The van der Waals surface area contributed by atoms with Crippen molar-refractivity contribution in [2.45, 2.75) is 77.2 Å². The number of rotatable bonds is 14. The van der Waals surface area contributed by atoms with Gasteiger partial charge in [0, 0.05) is 32.0 Å². The number of aliphatic hydroxyl groups excluding tert-OH is 2. The van der Waals surface area contributed by atoms with Crippen LogP contribution in [0.15, 0.2) is 42.5 Å². The maximum absolute atomic E-state index is 13.8. The van der Waals surface area contributed by atoms with E-state index in [1.807, 2.05) is 56.3 Å². The summed E-state index contributed by atoms with van der Waals surface area (Å²) in [6.45, 7) is 6.60. The molecule has 0 aliphatic carbocycles. The molecule has 1 aliphatic rings. The van der Waals surface area contributed by atoms with Crippen molar-refractivity contribution in [2.75, 3.05) is 26.2 Å². The van der Waals surface area contributed by atoms with Crippen LogP contribution in [0, 0.1) is 5.92 Å². The van der Waals surface area contributed by atoms with Gasteiger partial charge in [0.15, 0.2) is 0 Å². The van der Waals surface area contributed by atoms with E-state index in [4.69, 9.17) is 0 Å². The predicted molar refractivity (Wildman–Crippen MR) is 152 cm³/mol. The Labute approximate surface area is 231 Å². The van der Waals surface area contributed by atoms with Crippen LogP contribution < -0.4 is 16.0 Å². The van der Waals surface area contributed by atoms with Crippen molar-refractivity contribution in [1.29, 1.82) is 0 Å². The van der Waals surface area contributed by atoms with E-state index in [1.165, 1.54) is 4.90 Å². The van der Waals surface area contributed by atoms with Crippen LogP contribution in [0.25, 0.3) is 10.8 Å². The van der Waals surface area contributed by atoms with Crippen LogP contribution in [-0.2, 0) is 20.8 Å². The molecule has 1 heterocycles. The van der Waals surface area contributed by atoms with Gasteiger partial charge < -0.3 is 26.2 Å². The number of carbonyl (C=O) groups excluding carboxylic acids is 3. The summed E-state index contributed by atoms with van der Waals surface area (Å²) in [5.74, 6) is -1.57. The molecule has 9 nitrogen and oxygen atoms in total. The van der Waals surface area contributed by atoms with Crippen LogP contribution in [0.2, 0.25) is 0 Å². The van der Waals surface area contributed by atoms with Crippen molar-refractivity contribution >= 4 is 28.5 Å². The van der Waals surface area contributed by atoms with Crippen LogP contribution in [0.4, 0.5) is 0 Å². The van der Waals surface area contributed by atoms with Crippen molar-refractivity contribution in [3.8, 4) is 0 Å². The van der Waals surface area contributed by atoms with Crippen LogP contribution in [0.1, 0.15) is 52.0 Å². The normalized spacial score (nSPS) is 17.6. The third-order valence-electron chi connectivity index (χ3n) is 7.36. The van der Waals surface area contributed by atoms with E-state index in [2.05, 4.69) is 16.0 Å². The molecule has 4 atom stereocenters. The van der Waals surface area contributed by atoms with Gasteiger partial charge in [-0.15, -0.1) is 0 Å². The molecule has 214 valence electrons. The standard InChI is InChI=1S/C30H44N4O5/c1-4-22(5-2)29(38)34(30(39)26-11-8-14-32-26)27(28(37)33-19-25(36)18-31-17-20(3)35)16-21-12-13-23-9-6-7-10-24(23)15-21/h6-7,9-10,12-13,15,20,22,25-27,31-32,35-36H,4-5,8,11,14,16-19H2,1-3H3,(H,33,37)/t20?,25?,26?,27-/m0/s1. The van der Waals surface area contributed by atoms with Gasteiger partial charge in [-0.3, -0.25) is 19.3 Å². The minimum absolute atomic E-state index is 0.0528. The van der Waals surface area contributed by atoms with Gasteiger partial charge in [0.05, 0.1) is 18.2 Å². The topological polar surface area (TPSA) is 131 Å². The fraction of sp³-hybridized carbons (Fsp3) is 0.567. The monoisotopic (exact) mass is 540 g/mol. The van der Waals surface area contributed by atoms with E-state index in [0.29, 0.717) is 32.4 Å². The highest BCUT2D eigenvalue weighted by atomic mass is 16.3. The van der Waals surface area contributed by atoms with Crippen molar-refractivity contribution in [3.05, 3.63) is 48.0 Å². The molecule has 0 spiro atoms. The highest BCUT2D eigenvalue weighted by molar-refractivity contribution is 6.03. The zero-order valence-corrected chi connectivity index (χ0v) is 23.4. The first-order valence-corrected chi connectivity index (χ1v) is 14.2. The maximum Gasteiger partial charge on any atom is 0.247 e. The first-order chi connectivity index (χ1) is 18.7. The number of carbonyl (C=O) groups is 3. The Hall–Kier alpha value is -2.85. The SMILES string of the molecule is CCC(CC)C(=O)N(C(=O)C1CCCN1)[C@@H](Cc1ccc2ccccc2c1)C(=O)NCC(O)CNCC(C)O. The minimum atomic E-state index is -1.06. The smallest absolute Gasteiger partial charge is 0.247 e. The first-order valence-electron chi connectivity index (χ1n) is 14.2. The number of nitrogens with one attached hydrogen (secondary N) is 3. The van der Waals surface area contributed by atoms with Gasteiger partial charge in [0.1, 0.15) is 6.04 Å².